The van der Waals surface area contributed by atoms with Gasteiger partial charge in [0, 0.05) is 17.1 Å². The lowest BCUT2D eigenvalue weighted by atomic mass is 10.1. The fraction of sp³-hybridized carbons (Fsp3) is 0.536. The molecule has 1 aromatic carbocycles. The lowest BCUT2D eigenvalue weighted by molar-refractivity contribution is -0.142. The van der Waals surface area contributed by atoms with Crippen LogP contribution in [0.15, 0.2) is 52.0 Å². The summed E-state index contributed by atoms with van der Waals surface area (Å²) >= 11 is 3.48. The predicted octanol–water partition coefficient (Wildman–Crippen LogP) is 8.53. The molecule has 1 N–H and O–H groups in total. The number of rotatable bonds is 14. The van der Waals surface area contributed by atoms with Crippen molar-refractivity contribution in [3.8, 4) is 5.75 Å². The van der Waals surface area contributed by atoms with Crippen molar-refractivity contribution in [3.05, 3.63) is 58.2 Å². The lowest BCUT2D eigenvalue weighted by Crippen LogP contribution is -2.13. The van der Waals surface area contributed by atoms with Gasteiger partial charge in [-0.15, -0.1) is 23.5 Å². The lowest BCUT2D eigenvalue weighted by Gasteiger charge is -2.17. The Balaban J connectivity index is 2.62. The van der Waals surface area contributed by atoms with E-state index < -0.39 is 0 Å². The number of phenols is 1. The normalized spacial score (nSPS) is 13.1. The van der Waals surface area contributed by atoms with Crippen LogP contribution in [0.2, 0.25) is 0 Å². The molecule has 0 amide bonds. The van der Waals surface area contributed by atoms with Crippen molar-refractivity contribution in [1.82, 2.24) is 0 Å². The number of aryl methyl sites for hydroxylation is 2. The average molecular weight is 491 g/mol. The molecule has 184 valence electrons. The van der Waals surface area contributed by atoms with Crippen molar-refractivity contribution < 1.29 is 14.6 Å². The highest BCUT2D eigenvalue weighted by Gasteiger charge is 2.15. The summed E-state index contributed by atoms with van der Waals surface area (Å²) in [4.78, 5) is 12.8. The fourth-order valence-electron chi connectivity index (χ4n) is 3.15. The van der Waals surface area contributed by atoms with Crippen LogP contribution in [0.5, 0.6) is 5.75 Å². The van der Waals surface area contributed by atoms with Gasteiger partial charge in [-0.1, -0.05) is 41.9 Å². The Morgan fingerprint density at radius 1 is 1.00 bits per heavy atom. The summed E-state index contributed by atoms with van der Waals surface area (Å²) in [6, 6.07) is 3.99. The van der Waals surface area contributed by atoms with Crippen molar-refractivity contribution in [2.45, 2.75) is 90.0 Å². The molecule has 0 spiro atoms. The minimum absolute atomic E-state index is 0.102. The first-order valence-corrected chi connectivity index (χ1v) is 13.7. The van der Waals surface area contributed by atoms with Crippen LogP contribution in [0.4, 0.5) is 0 Å². The van der Waals surface area contributed by atoms with Crippen molar-refractivity contribution in [1.29, 1.82) is 0 Å². The second-order valence-electron chi connectivity index (χ2n) is 8.78. The first kappa shape index (κ1) is 29.4. The zero-order valence-electron chi connectivity index (χ0n) is 21.5. The van der Waals surface area contributed by atoms with E-state index in [1.54, 1.807) is 23.5 Å². The zero-order chi connectivity index (χ0) is 24.8. The number of benzene rings is 1. The maximum Gasteiger partial charge on any atom is 0.305 e. The van der Waals surface area contributed by atoms with Gasteiger partial charge in [-0.2, -0.15) is 0 Å². The van der Waals surface area contributed by atoms with E-state index in [2.05, 4.69) is 45.9 Å². The Bertz CT molecular complexity index is 826. The van der Waals surface area contributed by atoms with Crippen molar-refractivity contribution >= 4 is 29.5 Å². The number of phenolic OH excluding ortho intramolecular Hbond substituents is 1. The smallest absolute Gasteiger partial charge is 0.305 e. The number of carbonyl (C=O) groups is 1. The van der Waals surface area contributed by atoms with Crippen molar-refractivity contribution in [3.63, 3.8) is 0 Å². The van der Waals surface area contributed by atoms with E-state index >= 15 is 0 Å². The Hall–Kier alpha value is -1.59. The van der Waals surface area contributed by atoms with Gasteiger partial charge >= 0.3 is 5.97 Å². The molecule has 3 nitrogen and oxygen atoms in total. The summed E-state index contributed by atoms with van der Waals surface area (Å²) in [6.45, 7) is 14.7. The summed E-state index contributed by atoms with van der Waals surface area (Å²) in [5.41, 5.74) is 5.97. The Morgan fingerprint density at radius 2 is 1.58 bits per heavy atom. The van der Waals surface area contributed by atoms with Gasteiger partial charge in [-0.3, -0.25) is 4.79 Å². The molecule has 0 bridgehead atoms. The van der Waals surface area contributed by atoms with Gasteiger partial charge in [0.05, 0.1) is 4.58 Å². The van der Waals surface area contributed by atoms with Crippen LogP contribution in [-0.4, -0.2) is 28.0 Å². The molecule has 5 heteroatoms. The molecule has 0 aliphatic carbocycles. The Labute approximate surface area is 210 Å². The molecular formula is C28H42O3S2. The molecule has 0 radical (unpaired) electrons. The molecule has 0 aliphatic rings. The molecule has 1 aromatic rings. The third-order valence-electron chi connectivity index (χ3n) is 5.24. The van der Waals surface area contributed by atoms with Crippen molar-refractivity contribution in [2.75, 3.05) is 12.4 Å². The molecule has 1 rings (SSSR count). The van der Waals surface area contributed by atoms with Gasteiger partial charge in [0.2, 0.25) is 0 Å². The van der Waals surface area contributed by atoms with Crippen molar-refractivity contribution in [2.24, 2.45) is 0 Å². The van der Waals surface area contributed by atoms with Crippen LogP contribution >= 0.6 is 23.5 Å². The van der Waals surface area contributed by atoms with E-state index in [1.807, 2.05) is 32.9 Å². The topological polar surface area (TPSA) is 46.5 Å². The van der Waals surface area contributed by atoms with E-state index in [-0.39, 0.29) is 10.6 Å². The summed E-state index contributed by atoms with van der Waals surface area (Å²) in [7, 11) is 0. The number of allylic oxidation sites excluding steroid dienone is 5. The molecule has 33 heavy (non-hydrogen) atoms. The Morgan fingerprint density at radius 3 is 2.15 bits per heavy atom. The minimum atomic E-state index is -0.169. The summed E-state index contributed by atoms with van der Waals surface area (Å²) in [5, 5.41) is 10.0. The number of aromatic hydroxyl groups is 1. The summed E-state index contributed by atoms with van der Waals surface area (Å²) < 4.78 is 5.54. The van der Waals surface area contributed by atoms with E-state index in [0.717, 1.165) is 47.5 Å². The van der Waals surface area contributed by atoms with Crippen LogP contribution in [0, 0.1) is 13.8 Å². The first-order valence-electron chi connectivity index (χ1n) is 11.8. The average Bonchev–Trinajstić information content (AvgIpc) is 2.75. The molecule has 1 atom stereocenters. The molecular weight excluding hydrogens is 448 g/mol. The highest BCUT2D eigenvalue weighted by molar-refractivity contribution is 8.17. The number of esters is 1. The summed E-state index contributed by atoms with van der Waals surface area (Å²) in [6.07, 6.45) is 11.7. The van der Waals surface area contributed by atoms with E-state index in [4.69, 9.17) is 4.74 Å². The highest BCUT2D eigenvalue weighted by atomic mass is 32.2. The van der Waals surface area contributed by atoms with Crippen LogP contribution in [0.3, 0.4) is 0 Å². The van der Waals surface area contributed by atoms with Gasteiger partial charge < -0.3 is 9.84 Å². The first-order chi connectivity index (χ1) is 15.6. The van der Waals surface area contributed by atoms with Crippen LogP contribution < -0.4 is 0 Å². The van der Waals surface area contributed by atoms with Gasteiger partial charge in [-0.05, 0) is 90.5 Å². The number of thioether (sulfide) groups is 2. The SMILES string of the molecule is CCC(=O)OCC(SCC=C(C)CCC=C(C)CCC=C(C)C)Sc1cc(C)c(O)c(C)c1. The standard InChI is InChI=1S/C28H42O3S2/c1-8-26(29)31-19-27(33-25-17-23(6)28(30)24(7)18-25)32-16-15-22(5)14-10-13-21(4)12-9-11-20(2)3/h11,13,15,17-18,27,30H,8-10,12,14,16,19H2,1-7H3. The number of carbonyl (C=O) groups excluding carboxylic acids is 1. The van der Waals surface area contributed by atoms with E-state index in [0.29, 0.717) is 18.8 Å². The Kier molecular flexibility index (Phi) is 14.4. The number of ether oxygens (including phenoxy) is 1. The molecule has 0 saturated heterocycles. The largest absolute Gasteiger partial charge is 0.507 e. The highest BCUT2D eigenvalue weighted by Crippen LogP contribution is 2.35. The van der Waals surface area contributed by atoms with Gasteiger partial charge in [0.25, 0.3) is 0 Å². The monoisotopic (exact) mass is 490 g/mol. The van der Waals surface area contributed by atoms with Crippen LogP contribution in [0.25, 0.3) is 0 Å². The quantitative estimate of drug-likeness (QED) is 0.122. The minimum Gasteiger partial charge on any atom is -0.507 e. The van der Waals surface area contributed by atoms with Crippen LogP contribution in [-0.2, 0) is 9.53 Å². The van der Waals surface area contributed by atoms with Gasteiger partial charge in [0.1, 0.15) is 12.4 Å². The second kappa shape index (κ2) is 16.1. The molecule has 0 saturated carbocycles. The molecule has 0 aliphatic heterocycles. The molecule has 1 unspecified atom stereocenters. The van der Waals surface area contributed by atoms with Crippen LogP contribution in [0.1, 0.15) is 77.8 Å². The third-order valence-corrected chi connectivity index (χ3v) is 7.71. The molecule has 0 aromatic heterocycles. The number of hydrogen-bond donors (Lipinski definition) is 1. The van der Waals surface area contributed by atoms with E-state index in [9.17, 15) is 9.90 Å². The summed E-state index contributed by atoms with van der Waals surface area (Å²) in [5.74, 6) is 1.06. The maximum absolute atomic E-state index is 11.7. The molecule has 0 fully saturated rings. The fourth-order valence-corrected chi connectivity index (χ4v) is 5.68. The zero-order valence-corrected chi connectivity index (χ0v) is 23.1. The number of hydrogen-bond acceptors (Lipinski definition) is 5. The van der Waals surface area contributed by atoms with Gasteiger partial charge in [0.15, 0.2) is 0 Å². The van der Waals surface area contributed by atoms with E-state index in [1.165, 1.54) is 16.7 Å². The third kappa shape index (κ3) is 13.0. The predicted molar refractivity (Wildman–Crippen MR) is 146 cm³/mol. The second-order valence-corrected chi connectivity index (χ2v) is 11.6. The van der Waals surface area contributed by atoms with Gasteiger partial charge in [-0.25, -0.2) is 0 Å². The molecule has 0 heterocycles. The maximum atomic E-state index is 11.7.